The fourth-order valence-corrected chi connectivity index (χ4v) is 2.49. The number of benzene rings is 1. The van der Waals surface area contributed by atoms with Crippen molar-refractivity contribution in [3.05, 3.63) is 63.7 Å². The maximum atomic E-state index is 13.9. The Bertz CT molecular complexity index is 613. The van der Waals surface area contributed by atoms with Gasteiger partial charge in [0.2, 0.25) is 0 Å². The number of pyridine rings is 1. The summed E-state index contributed by atoms with van der Waals surface area (Å²) < 4.78 is 13.9. The van der Waals surface area contributed by atoms with E-state index >= 15 is 0 Å². The molecule has 1 heterocycles. The van der Waals surface area contributed by atoms with Crippen LogP contribution in [0.2, 0.25) is 5.02 Å². The third-order valence-corrected chi connectivity index (χ3v) is 3.61. The normalized spacial score (nSPS) is 12.4. The molecule has 2 nitrogen and oxygen atoms in total. The van der Waals surface area contributed by atoms with E-state index < -0.39 is 0 Å². The van der Waals surface area contributed by atoms with Crippen molar-refractivity contribution in [3.8, 4) is 0 Å². The van der Waals surface area contributed by atoms with Crippen molar-refractivity contribution in [1.82, 2.24) is 10.3 Å². The number of nitrogens with zero attached hydrogens (tertiary/aromatic N) is 1. The average molecular weight is 293 g/mol. The Morgan fingerprint density at radius 1 is 1.30 bits per heavy atom. The second-order valence-corrected chi connectivity index (χ2v) is 5.43. The van der Waals surface area contributed by atoms with Gasteiger partial charge in [-0.05, 0) is 56.1 Å². The van der Waals surface area contributed by atoms with Gasteiger partial charge in [-0.3, -0.25) is 4.98 Å². The van der Waals surface area contributed by atoms with Crippen molar-refractivity contribution in [1.29, 1.82) is 0 Å². The third-order valence-electron chi connectivity index (χ3n) is 3.37. The number of hydrogen-bond donors (Lipinski definition) is 1. The molecule has 0 amide bonds. The van der Waals surface area contributed by atoms with E-state index in [0.29, 0.717) is 17.0 Å². The second kappa shape index (κ2) is 6.33. The monoisotopic (exact) mass is 292 g/mol. The molecule has 0 aliphatic heterocycles. The van der Waals surface area contributed by atoms with E-state index in [-0.39, 0.29) is 11.9 Å². The first-order chi connectivity index (χ1) is 9.51. The summed E-state index contributed by atoms with van der Waals surface area (Å²) in [6, 6.07) is 6.85. The van der Waals surface area contributed by atoms with Crippen molar-refractivity contribution in [3.63, 3.8) is 0 Å². The van der Waals surface area contributed by atoms with E-state index in [4.69, 9.17) is 11.6 Å². The highest BCUT2D eigenvalue weighted by atomic mass is 35.5. The van der Waals surface area contributed by atoms with Crippen molar-refractivity contribution in [2.45, 2.75) is 26.3 Å². The molecule has 2 aromatic rings. The molecule has 2 rings (SSSR count). The molecular formula is C16H18ClFN2. The van der Waals surface area contributed by atoms with Crippen LogP contribution in [0.5, 0.6) is 0 Å². The van der Waals surface area contributed by atoms with Gasteiger partial charge in [-0.25, -0.2) is 4.39 Å². The molecule has 4 heteroatoms. The molecule has 0 aliphatic carbocycles. The molecule has 0 fully saturated rings. The van der Waals surface area contributed by atoms with E-state index in [1.165, 1.54) is 6.07 Å². The van der Waals surface area contributed by atoms with Gasteiger partial charge in [0, 0.05) is 11.2 Å². The molecule has 1 aromatic heterocycles. The highest BCUT2D eigenvalue weighted by Gasteiger charge is 2.16. The molecule has 0 saturated heterocycles. The lowest BCUT2D eigenvalue weighted by molar-refractivity contribution is 0.542. The van der Waals surface area contributed by atoms with Gasteiger partial charge in [-0.15, -0.1) is 0 Å². The lowest BCUT2D eigenvalue weighted by Crippen LogP contribution is -2.21. The third kappa shape index (κ3) is 3.35. The van der Waals surface area contributed by atoms with Gasteiger partial charge < -0.3 is 5.32 Å². The van der Waals surface area contributed by atoms with Crippen molar-refractivity contribution in [2.75, 3.05) is 7.05 Å². The molecule has 0 spiro atoms. The lowest BCUT2D eigenvalue weighted by Gasteiger charge is -2.18. The minimum Gasteiger partial charge on any atom is -0.311 e. The Labute approximate surface area is 124 Å². The standard InChI is InChI=1S/C16H18ClFN2/c1-10-6-11(2)16(20-9-10)15(19-3)7-12-4-5-13(17)8-14(12)18/h4-6,8-9,15,19H,7H2,1-3H3. The summed E-state index contributed by atoms with van der Waals surface area (Å²) in [5.74, 6) is -0.275. The molecule has 0 saturated carbocycles. The Hall–Kier alpha value is -1.45. The largest absolute Gasteiger partial charge is 0.311 e. The Kier molecular flexibility index (Phi) is 4.73. The minimum atomic E-state index is -0.275. The number of nitrogens with one attached hydrogen (secondary N) is 1. The highest BCUT2D eigenvalue weighted by molar-refractivity contribution is 6.30. The number of likely N-dealkylation sites (N-methyl/N-ethyl adjacent to an activating group) is 1. The van der Waals surface area contributed by atoms with Crippen LogP contribution < -0.4 is 5.32 Å². The maximum absolute atomic E-state index is 13.9. The molecule has 1 N–H and O–H groups in total. The van der Waals surface area contributed by atoms with Gasteiger partial charge in [-0.1, -0.05) is 23.7 Å². The summed E-state index contributed by atoms with van der Waals surface area (Å²) in [6.45, 7) is 4.04. The van der Waals surface area contributed by atoms with E-state index in [1.54, 1.807) is 12.1 Å². The van der Waals surface area contributed by atoms with Gasteiger partial charge in [-0.2, -0.15) is 0 Å². The summed E-state index contributed by atoms with van der Waals surface area (Å²) in [7, 11) is 1.86. The number of hydrogen-bond acceptors (Lipinski definition) is 2. The van der Waals surface area contributed by atoms with Crippen LogP contribution in [0.3, 0.4) is 0 Å². The van der Waals surface area contributed by atoms with E-state index in [0.717, 1.165) is 16.8 Å². The number of rotatable bonds is 4. The molecule has 20 heavy (non-hydrogen) atoms. The van der Waals surface area contributed by atoms with Crippen molar-refractivity contribution in [2.24, 2.45) is 0 Å². The highest BCUT2D eigenvalue weighted by Crippen LogP contribution is 2.23. The minimum absolute atomic E-state index is 0.0220. The number of aromatic nitrogens is 1. The van der Waals surface area contributed by atoms with Crippen LogP contribution >= 0.6 is 11.6 Å². The Morgan fingerprint density at radius 3 is 2.65 bits per heavy atom. The predicted molar refractivity (Wildman–Crippen MR) is 80.6 cm³/mol. The van der Waals surface area contributed by atoms with Crippen LogP contribution in [0.1, 0.15) is 28.4 Å². The smallest absolute Gasteiger partial charge is 0.127 e. The predicted octanol–water partition coefficient (Wildman–Crippen LogP) is 3.99. The van der Waals surface area contributed by atoms with Gasteiger partial charge >= 0.3 is 0 Å². The lowest BCUT2D eigenvalue weighted by atomic mass is 9.99. The zero-order chi connectivity index (χ0) is 14.7. The summed E-state index contributed by atoms with van der Waals surface area (Å²) in [5.41, 5.74) is 3.82. The average Bonchev–Trinajstić information content (AvgIpc) is 2.39. The summed E-state index contributed by atoms with van der Waals surface area (Å²) >= 11 is 5.78. The van der Waals surface area contributed by atoms with Crippen LogP contribution in [0, 0.1) is 19.7 Å². The van der Waals surface area contributed by atoms with Crippen LogP contribution in [0.25, 0.3) is 0 Å². The van der Waals surface area contributed by atoms with Gasteiger partial charge in [0.1, 0.15) is 5.82 Å². The zero-order valence-corrected chi connectivity index (χ0v) is 12.6. The van der Waals surface area contributed by atoms with Gasteiger partial charge in [0.25, 0.3) is 0 Å². The topological polar surface area (TPSA) is 24.9 Å². The number of halogens is 2. The van der Waals surface area contributed by atoms with Crippen LogP contribution in [0.4, 0.5) is 4.39 Å². The molecule has 1 unspecified atom stereocenters. The molecule has 0 radical (unpaired) electrons. The summed E-state index contributed by atoms with van der Waals surface area (Å²) in [5, 5.41) is 3.62. The molecule has 0 bridgehead atoms. The second-order valence-electron chi connectivity index (χ2n) is 5.00. The first kappa shape index (κ1) is 14.9. The van der Waals surface area contributed by atoms with E-state index in [9.17, 15) is 4.39 Å². The van der Waals surface area contributed by atoms with E-state index in [1.807, 2.05) is 27.1 Å². The Morgan fingerprint density at radius 2 is 2.05 bits per heavy atom. The molecular weight excluding hydrogens is 275 g/mol. The molecule has 0 aliphatic rings. The molecule has 1 atom stereocenters. The van der Waals surface area contributed by atoms with Crippen molar-refractivity contribution >= 4 is 11.6 Å². The summed E-state index contributed by atoms with van der Waals surface area (Å²) in [4.78, 5) is 4.48. The maximum Gasteiger partial charge on any atom is 0.127 e. The van der Waals surface area contributed by atoms with Crippen molar-refractivity contribution < 1.29 is 4.39 Å². The molecule has 1 aromatic carbocycles. The first-order valence-corrected chi connectivity index (χ1v) is 6.93. The van der Waals surface area contributed by atoms with E-state index in [2.05, 4.69) is 16.4 Å². The summed E-state index contributed by atoms with van der Waals surface area (Å²) in [6.07, 6.45) is 2.38. The van der Waals surface area contributed by atoms with Gasteiger partial charge in [0.15, 0.2) is 0 Å². The fourth-order valence-electron chi connectivity index (χ4n) is 2.33. The van der Waals surface area contributed by atoms with Crippen LogP contribution in [-0.4, -0.2) is 12.0 Å². The van der Waals surface area contributed by atoms with Crippen LogP contribution in [-0.2, 0) is 6.42 Å². The first-order valence-electron chi connectivity index (χ1n) is 6.55. The Balaban J connectivity index is 2.28. The molecule has 106 valence electrons. The zero-order valence-electron chi connectivity index (χ0n) is 11.9. The van der Waals surface area contributed by atoms with Gasteiger partial charge in [0.05, 0.1) is 11.7 Å². The fraction of sp³-hybridized carbons (Fsp3) is 0.312. The van der Waals surface area contributed by atoms with Crippen LogP contribution in [0.15, 0.2) is 30.5 Å². The quantitative estimate of drug-likeness (QED) is 0.921. The SMILES string of the molecule is CNC(Cc1ccc(Cl)cc1F)c1ncc(C)cc1C. The number of aryl methyl sites for hydroxylation is 2.